The van der Waals surface area contributed by atoms with E-state index in [2.05, 4.69) is 12.1 Å². The Hall–Kier alpha value is -2.81. The fourth-order valence-electron chi connectivity index (χ4n) is 2.34. The maximum Gasteiger partial charge on any atom is 0.280 e. The second kappa shape index (κ2) is 5.90. The summed E-state index contributed by atoms with van der Waals surface area (Å²) in [6.45, 7) is 2.04. The fraction of sp³-hybridized carbons (Fsp3) is 0.105. The highest BCUT2D eigenvalue weighted by Gasteiger charge is 2.12. The average molecular weight is 291 g/mol. The minimum absolute atomic E-state index is 0.761. The molecule has 1 aromatic heterocycles. The molecular weight excluding hydrogens is 272 g/mol. The van der Waals surface area contributed by atoms with Crippen LogP contribution in [0.15, 0.2) is 66.7 Å². The molecule has 2 aromatic carbocycles. The van der Waals surface area contributed by atoms with Gasteiger partial charge in [-0.3, -0.25) is 5.73 Å². The molecule has 3 nitrogen and oxygen atoms in total. The molecule has 0 spiro atoms. The third-order valence-corrected chi connectivity index (χ3v) is 3.80. The molecule has 3 rings (SSSR count). The molecule has 0 bridgehead atoms. The SMILES string of the molecule is Cc1ccc(-c2ccc(Oc3ccccc3)cc2)c(N)[n+]1C. The van der Waals surface area contributed by atoms with Crippen LogP contribution in [0.2, 0.25) is 0 Å². The van der Waals surface area contributed by atoms with Crippen molar-refractivity contribution in [3.05, 3.63) is 72.4 Å². The molecule has 1 heterocycles. The van der Waals surface area contributed by atoms with Gasteiger partial charge in [0, 0.05) is 0 Å². The van der Waals surface area contributed by atoms with Crippen molar-refractivity contribution in [3.8, 4) is 22.6 Å². The Kier molecular flexibility index (Phi) is 3.79. The van der Waals surface area contributed by atoms with Crippen molar-refractivity contribution in [2.45, 2.75) is 6.92 Å². The summed E-state index contributed by atoms with van der Waals surface area (Å²) in [5.74, 6) is 2.40. The smallest absolute Gasteiger partial charge is 0.280 e. The minimum atomic E-state index is 0.761. The van der Waals surface area contributed by atoms with Gasteiger partial charge in [0.25, 0.3) is 5.82 Å². The first-order chi connectivity index (χ1) is 10.6. The minimum Gasteiger partial charge on any atom is -0.457 e. The zero-order chi connectivity index (χ0) is 15.5. The van der Waals surface area contributed by atoms with E-state index in [4.69, 9.17) is 10.5 Å². The Morgan fingerprint density at radius 3 is 2.14 bits per heavy atom. The van der Waals surface area contributed by atoms with Crippen LogP contribution in [0, 0.1) is 6.92 Å². The molecule has 0 unspecified atom stereocenters. The molecule has 0 radical (unpaired) electrons. The van der Waals surface area contributed by atoms with Gasteiger partial charge in [0.2, 0.25) is 0 Å². The van der Waals surface area contributed by atoms with Gasteiger partial charge in [-0.15, -0.1) is 0 Å². The highest BCUT2D eigenvalue weighted by atomic mass is 16.5. The normalized spacial score (nSPS) is 10.5. The number of hydrogen-bond acceptors (Lipinski definition) is 2. The predicted molar refractivity (Wildman–Crippen MR) is 88.7 cm³/mol. The van der Waals surface area contributed by atoms with Crippen LogP contribution in [-0.2, 0) is 7.05 Å². The van der Waals surface area contributed by atoms with Gasteiger partial charge in [-0.2, -0.15) is 0 Å². The van der Waals surface area contributed by atoms with E-state index in [1.54, 1.807) is 0 Å². The largest absolute Gasteiger partial charge is 0.457 e. The number of hydrogen-bond donors (Lipinski definition) is 1. The van der Waals surface area contributed by atoms with E-state index in [1.807, 2.05) is 73.1 Å². The lowest BCUT2D eigenvalue weighted by Crippen LogP contribution is -2.36. The molecule has 0 aliphatic rings. The third-order valence-electron chi connectivity index (χ3n) is 3.80. The summed E-state index contributed by atoms with van der Waals surface area (Å²) >= 11 is 0. The topological polar surface area (TPSA) is 39.1 Å². The van der Waals surface area contributed by atoms with Crippen LogP contribution >= 0.6 is 0 Å². The first kappa shape index (κ1) is 14.1. The molecule has 110 valence electrons. The lowest BCUT2D eigenvalue weighted by atomic mass is 10.1. The Bertz CT molecular complexity index is 781. The second-order valence-electron chi connectivity index (χ2n) is 5.27. The van der Waals surface area contributed by atoms with Crippen molar-refractivity contribution in [2.24, 2.45) is 7.05 Å². The number of anilines is 1. The summed E-state index contributed by atoms with van der Waals surface area (Å²) in [6.07, 6.45) is 0. The molecule has 0 fully saturated rings. The van der Waals surface area contributed by atoms with E-state index in [9.17, 15) is 0 Å². The van der Waals surface area contributed by atoms with E-state index in [0.717, 1.165) is 34.1 Å². The monoisotopic (exact) mass is 291 g/mol. The first-order valence-electron chi connectivity index (χ1n) is 7.23. The number of ether oxygens (including phenoxy) is 1. The standard InChI is InChI=1S/C19H18N2O/c1-14-8-13-18(19(20)21(14)2)15-9-11-17(12-10-15)22-16-6-4-3-5-7-16/h3-13,20H,1-2H3/p+1. The average Bonchev–Trinajstić information content (AvgIpc) is 2.55. The van der Waals surface area contributed by atoms with Crippen molar-refractivity contribution in [1.29, 1.82) is 0 Å². The Labute approximate surface area is 130 Å². The molecule has 0 atom stereocenters. The van der Waals surface area contributed by atoms with E-state index in [1.165, 1.54) is 0 Å². The van der Waals surface area contributed by atoms with Gasteiger partial charge < -0.3 is 4.74 Å². The highest BCUT2D eigenvalue weighted by Crippen LogP contribution is 2.27. The first-order valence-corrected chi connectivity index (χ1v) is 7.23. The van der Waals surface area contributed by atoms with Crippen LogP contribution in [0.3, 0.4) is 0 Å². The van der Waals surface area contributed by atoms with Crippen molar-refractivity contribution >= 4 is 5.82 Å². The Balaban J connectivity index is 1.87. The molecule has 2 N–H and O–H groups in total. The molecule has 0 saturated heterocycles. The van der Waals surface area contributed by atoms with Gasteiger partial charge in [0.15, 0.2) is 0 Å². The molecule has 0 aliphatic heterocycles. The number of aromatic nitrogens is 1. The molecular formula is C19H19N2O+. The van der Waals surface area contributed by atoms with Crippen molar-refractivity contribution < 1.29 is 9.30 Å². The van der Waals surface area contributed by atoms with Gasteiger partial charge in [-0.05, 0) is 48.9 Å². The van der Waals surface area contributed by atoms with Gasteiger partial charge in [0.05, 0.1) is 12.6 Å². The molecule has 3 heteroatoms. The van der Waals surface area contributed by atoms with E-state index in [-0.39, 0.29) is 0 Å². The number of nitrogens with zero attached hydrogens (tertiary/aromatic N) is 1. The maximum atomic E-state index is 6.21. The van der Waals surface area contributed by atoms with E-state index < -0.39 is 0 Å². The zero-order valence-corrected chi connectivity index (χ0v) is 12.8. The van der Waals surface area contributed by atoms with Crippen LogP contribution in [-0.4, -0.2) is 0 Å². The van der Waals surface area contributed by atoms with Crippen molar-refractivity contribution in [1.82, 2.24) is 0 Å². The predicted octanol–water partition coefficient (Wildman–Crippen LogP) is 3.86. The van der Waals surface area contributed by atoms with E-state index >= 15 is 0 Å². The molecule has 22 heavy (non-hydrogen) atoms. The van der Waals surface area contributed by atoms with Gasteiger partial charge in [-0.1, -0.05) is 30.3 Å². The van der Waals surface area contributed by atoms with Crippen LogP contribution in [0.1, 0.15) is 5.69 Å². The lowest BCUT2D eigenvalue weighted by molar-refractivity contribution is -0.662. The summed E-state index contributed by atoms with van der Waals surface area (Å²) < 4.78 is 7.80. The number of rotatable bonds is 3. The van der Waals surface area contributed by atoms with Crippen LogP contribution in [0.5, 0.6) is 11.5 Å². The van der Waals surface area contributed by atoms with Crippen molar-refractivity contribution in [2.75, 3.05) is 5.73 Å². The summed E-state index contributed by atoms with van der Waals surface area (Å²) in [5, 5.41) is 0. The zero-order valence-electron chi connectivity index (χ0n) is 12.8. The van der Waals surface area contributed by atoms with Crippen LogP contribution in [0.4, 0.5) is 5.82 Å². The summed E-state index contributed by atoms with van der Waals surface area (Å²) in [6, 6.07) is 21.8. The number of nitrogen functional groups attached to an aromatic ring is 1. The number of pyridine rings is 1. The number of para-hydroxylation sites is 1. The molecule has 3 aromatic rings. The lowest BCUT2D eigenvalue weighted by Gasteiger charge is -2.09. The highest BCUT2D eigenvalue weighted by molar-refractivity contribution is 5.72. The van der Waals surface area contributed by atoms with Gasteiger partial charge in [-0.25, -0.2) is 4.57 Å². The quantitative estimate of drug-likeness (QED) is 0.744. The van der Waals surface area contributed by atoms with E-state index in [0.29, 0.717) is 0 Å². The second-order valence-corrected chi connectivity index (χ2v) is 5.27. The maximum absolute atomic E-state index is 6.21. The fourth-order valence-corrected chi connectivity index (χ4v) is 2.34. The molecule has 0 aliphatic carbocycles. The number of aryl methyl sites for hydroxylation is 1. The van der Waals surface area contributed by atoms with Gasteiger partial charge in [0.1, 0.15) is 17.2 Å². The van der Waals surface area contributed by atoms with Crippen molar-refractivity contribution in [3.63, 3.8) is 0 Å². The molecule has 0 saturated carbocycles. The number of nitrogens with two attached hydrogens (primary N) is 1. The summed E-state index contributed by atoms with van der Waals surface area (Å²) in [7, 11) is 1.97. The third kappa shape index (κ3) is 2.79. The van der Waals surface area contributed by atoms with Crippen LogP contribution in [0.25, 0.3) is 11.1 Å². The van der Waals surface area contributed by atoms with Gasteiger partial charge >= 0.3 is 0 Å². The summed E-state index contributed by atoms with van der Waals surface area (Å²) in [5.41, 5.74) is 9.44. The summed E-state index contributed by atoms with van der Waals surface area (Å²) in [4.78, 5) is 0. The Morgan fingerprint density at radius 1 is 0.818 bits per heavy atom. The molecule has 0 amide bonds. The number of benzene rings is 2. The Morgan fingerprint density at radius 2 is 1.45 bits per heavy atom. The van der Waals surface area contributed by atoms with Crippen LogP contribution < -0.4 is 15.0 Å².